The van der Waals surface area contributed by atoms with Crippen molar-refractivity contribution in [3.05, 3.63) is 58.1 Å². The second-order valence-corrected chi connectivity index (χ2v) is 6.94. The van der Waals surface area contributed by atoms with Crippen LogP contribution in [0, 0.1) is 6.92 Å². The standard InChI is InChI=1S/C21H25ClN2O3/c1-14(2)19-7-5-15(3)11-21(19)27-10-9-26-20-8-6-18(22)12-17(20)13-23-24-16(4)25/h5-8,11-14H,9-10H2,1-4H3,(H,24,25). The average molecular weight is 389 g/mol. The summed E-state index contributed by atoms with van der Waals surface area (Å²) in [6.07, 6.45) is 1.50. The van der Waals surface area contributed by atoms with E-state index in [4.69, 9.17) is 21.1 Å². The van der Waals surface area contributed by atoms with E-state index in [2.05, 4.69) is 36.5 Å². The molecule has 27 heavy (non-hydrogen) atoms. The molecule has 0 aromatic heterocycles. The molecule has 0 saturated carbocycles. The van der Waals surface area contributed by atoms with Crippen molar-refractivity contribution in [3.63, 3.8) is 0 Å². The number of hydrogen-bond donors (Lipinski definition) is 1. The van der Waals surface area contributed by atoms with Crippen LogP contribution in [0.5, 0.6) is 11.5 Å². The molecular formula is C21H25ClN2O3. The SMILES string of the molecule is CC(=O)NN=Cc1cc(Cl)ccc1OCCOc1cc(C)ccc1C(C)C. The number of carbonyl (C=O) groups excluding carboxylic acids is 1. The molecule has 0 aliphatic rings. The summed E-state index contributed by atoms with van der Waals surface area (Å²) in [4.78, 5) is 10.9. The Kier molecular flexibility index (Phi) is 7.67. The Labute approximate surface area is 165 Å². The molecule has 2 aromatic carbocycles. The number of amides is 1. The first kappa shape index (κ1) is 20.8. The van der Waals surface area contributed by atoms with Crippen LogP contribution in [0.15, 0.2) is 41.5 Å². The number of benzene rings is 2. The lowest BCUT2D eigenvalue weighted by Crippen LogP contribution is -2.13. The third-order valence-corrected chi connectivity index (χ3v) is 4.02. The topological polar surface area (TPSA) is 59.9 Å². The third-order valence-electron chi connectivity index (χ3n) is 3.79. The molecule has 0 saturated heterocycles. The van der Waals surface area contributed by atoms with E-state index in [0.29, 0.717) is 35.5 Å². The van der Waals surface area contributed by atoms with Crippen molar-refractivity contribution in [2.24, 2.45) is 5.10 Å². The van der Waals surface area contributed by atoms with Crippen LogP contribution in [-0.4, -0.2) is 25.3 Å². The average Bonchev–Trinajstić information content (AvgIpc) is 2.59. The fraction of sp³-hybridized carbons (Fsp3) is 0.333. The van der Waals surface area contributed by atoms with Gasteiger partial charge >= 0.3 is 0 Å². The summed E-state index contributed by atoms with van der Waals surface area (Å²) >= 11 is 6.03. The summed E-state index contributed by atoms with van der Waals surface area (Å²) in [6, 6.07) is 11.5. The minimum atomic E-state index is -0.247. The number of halogens is 1. The van der Waals surface area contributed by atoms with Gasteiger partial charge in [-0.15, -0.1) is 0 Å². The van der Waals surface area contributed by atoms with Crippen LogP contribution >= 0.6 is 11.6 Å². The number of hydrazone groups is 1. The lowest BCUT2D eigenvalue weighted by atomic mass is 10.0. The second-order valence-electron chi connectivity index (χ2n) is 6.50. The molecule has 0 bridgehead atoms. The predicted octanol–water partition coefficient (Wildman–Crippen LogP) is 4.70. The van der Waals surface area contributed by atoms with Crippen LogP contribution in [0.1, 0.15) is 43.4 Å². The molecule has 0 heterocycles. The first-order valence-corrected chi connectivity index (χ1v) is 9.20. The highest BCUT2D eigenvalue weighted by Gasteiger charge is 2.09. The van der Waals surface area contributed by atoms with E-state index in [1.165, 1.54) is 18.7 Å². The van der Waals surface area contributed by atoms with E-state index in [9.17, 15) is 4.79 Å². The van der Waals surface area contributed by atoms with Crippen molar-refractivity contribution >= 4 is 23.7 Å². The molecular weight excluding hydrogens is 364 g/mol. The highest BCUT2D eigenvalue weighted by molar-refractivity contribution is 6.30. The molecule has 0 atom stereocenters. The minimum Gasteiger partial charge on any atom is -0.490 e. The molecule has 0 aliphatic carbocycles. The maximum atomic E-state index is 10.9. The lowest BCUT2D eigenvalue weighted by Gasteiger charge is -2.15. The van der Waals surface area contributed by atoms with Crippen molar-refractivity contribution in [2.75, 3.05) is 13.2 Å². The van der Waals surface area contributed by atoms with Crippen LogP contribution in [0.25, 0.3) is 0 Å². The minimum absolute atomic E-state index is 0.247. The predicted molar refractivity (Wildman–Crippen MR) is 109 cm³/mol. The van der Waals surface area contributed by atoms with Gasteiger partial charge in [-0.05, 0) is 48.2 Å². The number of nitrogens with zero attached hydrogens (tertiary/aromatic N) is 1. The van der Waals surface area contributed by atoms with Crippen molar-refractivity contribution in [3.8, 4) is 11.5 Å². The summed E-state index contributed by atoms with van der Waals surface area (Å²) in [5, 5.41) is 4.42. The van der Waals surface area contributed by atoms with E-state index in [-0.39, 0.29) is 5.91 Å². The maximum Gasteiger partial charge on any atom is 0.236 e. The number of aryl methyl sites for hydroxylation is 1. The van der Waals surface area contributed by atoms with Crippen molar-refractivity contribution in [1.29, 1.82) is 0 Å². The molecule has 0 unspecified atom stereocenters. The summed E-state index contributed by atoms with van der Waals surface area (Å²) in [7, 11) is 0. The number of hydrogen-bond acceptors (Lipinski definition) is 4. The molecule has 0 aliphatic heterocycles. The van der Waals surface area contributed by atoms with Crippen LogP contribution in [0.3, 0.4) is 0 Å². The largest absolute Gasteiger partial charge is 0.490 e. The van der Waals surface area contributed by atoms with Gasteiger partial charge in [0.25, 0.3) is 0 Å². The lowest BCUT2D eigenvalue weighted by molar-refractivity contribution is -0.118. The molecule has 0 radical (unpaired) electrons. The van der Waals surface area contributed by atoms with Crippen LogP contribution in [0.4, 0.5) is 0 Å². The summed E-state index contributed by atoms with van der Waals surface area (Å²) < 4.78 is 11.7. The van der Waals surface area contributed by atoms with Crippen LogP contribution in [-0.2, 0) is 4.79 Å². The first-order chi connectivity index (χ1) is 12.9. The zero-order valence-corrected chi connectivity index (χ0v) is 16.8. The van der Waals surface area contributed by atoms with E-state index < -0.39 is 0 Å². The van der Waals surface area contributed by atoms with Gasteiger partial charge in [0.1, 0.15) is 24.7 Å². The Balaban J connectivity index is 1.99. The van der Waals surface area contributed by atoms with Gasteiger partial charge in [0.2, 0.25) is 5.91 Å². The van der Waals surface area contributed by atoms with Gasteiger partial charge in [0.05, 0.1) is 6.21 Å². The quantitative estimate of drug-likeness (QED) is 0.405. The zero-order chi connectivity index (χ0) is 19.8. The Morgan fingerprint density at radius 1 is 1.15 bits per heavy atom. The Hall–Kier alpha value is -2.53. The number of carbonyl (C=O) groups is 1. The summed E-state index contributed by atoms with van der Waals surface area (Å²) in [5.74, 6) is 1.64. The van der Waals surface area contributed by atoms with E-state index >= 15 is 0 Å². The number of ether oxygens (including phenoxy) is 2. The van der Waals surface area contributed by atoms with Gasteiger partial charge in [-0.2, -0.15) is 5.10 Å². The van der Waals surface area contributed by atoms with Gasteiger partial charge in [0.15, 0.2) is 0 Å². The van der Waals surface area contributed by atoms with Gasteiger partial charge in [-0.1, -0.05) is 37.6 Å². The molecule has 0 spiro atoms. The number of rotatable bonds is 8. The van der Waals surface area contributed by atoms with E-state index in [0.717, 1.165) is 11.3 Å². The first-order valence-electron chi connectivity index (χ1n) is 8.82. The van der Waals surface area contributed by atoms with Crippen molar-refractivity contribution in [2.45, 2.75) is 33.6 Å². The monoisotopic (exact) mass is 388 g/mol. The maximum absolute atomic E-state index is 10.9. The Morgan fingerprint density at radius 3 is 2.52 bits per heavy atom. The van der Waals surface area contributed by atoms with Gasteiger partial charge in [-0.25, -0.2) is 5.43 Å². The Bertz CT molecular complexity index is 819. The highest BCUT2D eigenvalue weighted by Crippen LogP contribution is 2.27. The molecule has 0 fully saturated rings. The second kappa shape index (κ2) is 9.97. The molecule has 6 heteroatoms. The van der Waals surface area contributed by atoms with E-state index in [1.807, 2.05) is 13.0 Å². The van der Waals surface area contributed by atoms with Gasteiger partial charge < -0.3 is 9.47 Å². The molecule has 2 rings (SSSR count). The van der Waals surface area contributed by atoms with Gasteiger partial charge in [-0.3, -0.25) is 4.79 Å². The molecule has 5 nitrogen and oxygen atoms in total. The normalized spacial score (nSPS) is 11.0. The zero-order valence-electron chi connectivity index (χ0n) is 16.1. The third kappa shape index (κ3) is 6.61. The van der Waals surface area contributed by atoms with Crippen molar-refractivity contribution < 1.29 is 14.3 Å². The molecule has 1 amide bonds. The van der Waals surface area contributed by atoms with Crippen molar-refractivity contribution in [1.82, 2.24) is 5.43 Å². The highest BCUT2D eigenvalue weighted by atomic mass is 35.5. The Morgan fingerprint density at radius 2 is 1.85 bits per heavy atom. The fourth-order valence-corrected chi connectivity index (χ4v) is 2.67. The van der Waals surface area contributed by atoms with Crippen LogP contribution in [0.2, 0.25) is 5.02 Å². The molecule has 144 valence electrons. The molecule has 1 N–H and O–H groups in total. The van der Waals surface area contributed by atoms with Gasteiger partial charge in [0, 0.05) is 17.5 Å². The van der Waals surface area contributed by atoms with Crippen LogP contribution < -0.4 is 14.9 Å². The summed E-state index contributed by atoms with van der Waals surface area (Å²) in [6.45, 7) is 8.50. The smallest absolute Gasteiger partial charge is 0.236 e. The summed E-state index contributed by atoms with van der Waals surface area (Å²) in [5.41, 5.74) is 5.37. The number of nitrogens with one attached hydrogen (secondary N) is 1. The fourth-order valence-electron chi connectivity index (χ4n) is 2.49. The van der Waals surface area contributed by atoms with E-state index in [1.54, 1.807) is 18.2 Å². The molecule has 2 aromatic rings.